The fraction of sp³-hybridized carbons (Fsp3) is 1.00. The third kappa shape index (κ3) is 1.78. The maximum atomic E-state index is 2.37. The van der Waals surface area contributed by atoms with Crippen molar-refractivity contribution in [2.75, 3.05) is 6.16 Å². The molecule has 0 nitrogen and oxygen atoms in total. The Kier molecular flexibility index (Phi) is 2.12. The highest BCUT2D eigenvalue weighted by molar-refractivity contribution is 7.38. The van der Waals surface area contributed by atoms with E-state index in [9.17, 15) is 0 Å². The van der Waals surface area contributed by atoms with Gasteiger partial charge in [-0.2, -0.15) is 0 Å². The normalized spacial score (nSPS) is 36.4. The van der Waals surface area contributed by atoms with E-state index >= 15 is 0 Å². The minimum atomic E-state index is 1.06. The fourth-order valence-corrected chi connectivity index (χ4v) is 2.38. The van der Waals surface area contributed by atoms with Crippen molar-refractivity contribution in [2.45, 2.75) is 31.8 Å². The molecule has 1 heterocycles. The van der Waals surface area contributed by atoms with Gasteiger partial charge in [-0.25, -0.2) is 0 Å². The molecule has 0 amide bonds. The highest BCUT2D eigenvalue weighted by Gasteiger charge is 2.05. The van der Waals surface area contributed by atoms with Crippen molar-refractivity contribution in [3.8, 4) is 0 Å². The van der Waals surface area contributed by atoms with Crippen LogP contribution in [0.25, 0.3) is 0 Å². The van der Waals surface area contributed by atoms with Gasteiger partial charge in [0.25, 0.3) is 0 Å². The Morgan fingerprint density at radius 3 is 2.57 bits per heavy atom. The molecule has 42 valence electrons. The Labute approximate surface area is 47.5 Å². The highest BCUT2D eigenvalue weighted by Crippen LogP contribution is 2.29. The lowest BCUT2D eigenvalue weighted by Crippen LogP contribution is -2.00. The summed E-state index contributed by atoms with van der Waals surface area (Å²) in [5.41, 5.74) is 1.06. The summed E-state index contributed by atoms with van der Waals surface area (Å²) >= 11 is 0. The van der Waals surface area contributed by atoms with Crippen LogP contribution in [0.1, 0.15) is 26.2 Å². The number of hydrogen-bond donors (Lipinski definition) is 0. The Hall–Kier alpha value is 0.430. The van der Waals surface area contributed by atoms with Crippen molar-refractivity contribution in [3.05, 3.63) is 0 Å². The molecule has 1 rings (SSSR count). The van der Waals surface area contributed by atoms with Gasteiger partial charge in [-0.3, -0.25) is 0 Å². The second kappa shape index (κ2) is 2.67. The van der Waals surface area contributed by atoms with Gasteiger partial charge in [0.1, 0.15) is 0 Å². The zero-order valence-corrected chi connectivity index (χ0v) is 5.91. The summed E-state index contributed by atoms with van der Waals surface area (Å²) in [6.07, 6.45) is 6.01. The van der Waals surface area contributed by atoms with Gasteiger partial charge < -0.3 is 0 Å². The lowest BCUT2D eigenvalue weighted by molar-refractivity contribution is 0.686. The van der Waals surface area contributed by atoms with Crippen molar-refractivity contribution in [1.29, 1.82) is 0 Å². The SMILES string of the molecule is CC1CCCCP1. The van der Waals surface area contributed by atoms with Crippen LogP contribution < -0.4 is 0 Å². The molecule has 0 spiro atoms. The summed E-state index contributed by atoms with van der Waals surface area (Å²) in [5, 5.41) is 0. The predicted octanol–water partition coefficient (Wildman–Crippen LogP) is 2.24. The summed E-state index contributed by atoms with van der Waals surface area (Å²) in [7, 11) is 1.28. The van der Waals surface area contributed by atoms with Crippen LogP contribution in [0.4, 0.5) is 0 Å². The van der Waals surface area contributed by atoms with Crippen molar-refractivity contribution >= 4 is 8.58 Å². The van der Waals surface area contributed by atoms with Gasteiger partial charge >= 0.3 is 0 Å². The van der Waals surface area contributed by atoms with Crippen LogP contribution in [0.5, 0.6) is 0 Å². The first-order chi connectivity index (χ1) is 3.39. The van der Waals surface area contributed by atoms with Crippen LogP contribution in [-0.2, 0) is 0 Å². The lowest BCUT2D eigenvalue weighted by Gasteiger charge is -2.15. The first-order valence-corrected chi connectivity index (χ1v) is 4.41. The average Bonchev–Trinajstić information content (AvgIpc) is 1.69. The third-order valence-corrected chi connectivity index (χ3v) is 3.18. The van der Waals surface area contributed by atoms with E-state index in [1.165, 1.54) is 34.0 Å². The van der Waals surface area contributed by atoms with Crippen LogP contribution in [0.2, 0.25) is 0 Å². The van der Waals surface area contributed by atoms with Crippen LogP contribution in [0.3, 0.4) is 0 Å². The summed E-state index contributed by atoms with van der Waals surface area (Å²) < 4.78 is 0. The van der Waals surface area contributed by atoms with Gasteiger partial charge in [-0.1, -0.05) is 13.3 Å². The van der Waals surface area contributed by atoms with Gasteiger partial charge in [0.05, 0.1) is 0 Å². The molecule has 0 bridgehead atoms. The van der Waals surface area contributed by atoms with Crippen molar-refractivity contribution in [1.82, 2.24) is 0 Å². The average molecular weight is 116 g/mol. The van der Waals surface area contributed by atoms with E-state index in [4.69, 9.17) is 0 Å². The Balaban J connectivity index is 2.12. The van der Waals surface area contributed by atoms with E-state index in [-0.39, 0.29) is 0 Å². The molecule has 1 aliphatic rings. The summed E-state index contributed by atoms with van der Waals surface area (Å²) in [5.74, 6) is 0. The second-order valence-electron chi connectivity index (χ2n) is 2.35. The molecule has 0 N–H and O–H groups in total. The molecule has 2 unspecified atom stereocenters. The molecule has 1 aliphatic heterocycles. The van der Waals surface area contributed by atoms with Crippen molar-refractivity contribution < 1.29 is 0 Å². The Morgan fingerprint density at radius 1 is 1.43 bits per heavy atom. The van der Waals surface area contributed by atoms with E-state index in [1.807, 2.05) is 0 Å². The molecule has 1 saturated heterocycles. The molecule has 0 radical (unpaired) electrons. The lowest BCUT2D eigenvalue weighted by atomic mass is 10.2. The first kappa shape index (κ1) is 5.56. The maximum Gasteiger partial charge on any atom is -0.0265 e. The quantitative estimate of drug-likeness (QED) is 0.426. The van der Waals surface area contributed by atoms with Crippen molar-refractivity contribution in [2.24, 2.45) is 0 Å². The van der Waals surface area contributed by atoms with Crippen molar-refractivity contribution in [3.63, 3.8) is 0 Å². The summed E-state index contributed by atoms with van der Waals surface area (Å²) in [4.78, 5) is 0. The van der Waals surface area contributed by atoms with Gasteiger partial charge in [0.15, 0.2) is 0 Å². The molecule has 0 aromatic carbocycles. The predicted molar refractivity (Wildman–Crippen MR) is 36.5 cm³/mol. The van der Waals surface area contributed by atoms with E-state index in [0.717, 1.165) is 5.66 Å². The summed E-state index contributed by atoms with van der Waals surface area (Å²) in [6, 6.07) is 0. The van der Waals surface area contributed by atoms with E-state index < -0.39 is 0 Å². The van der Waals surface area contributed by atoms with Gasteiger partial charge in [-0.05, 0) is 24.7 Å². The molecule has 0 saturated carbocycles. The molecule has 7 heavy (non-hydrogen) atoms. The Morgan fingerprint density at radius 2 is 2.29 bits per heavy atom. The molecule has 0 aromatic rings. The highest BCUT2D eigenvalue weighted by atomic mass is 31.1. The molecule has 1 fully saturated rings. The molecule has 2 atom stereocenters. The first-order valence-electron chi connectivity index (χ1n) is 3.13. The standard InChI is InChI=1S/C6H13P/c1-6-4-2-3-5-7-6/h6-7H,2-5H2,1H3. The molecular weight excluding hydrogens is 103 g/mol. The van der Waals surface area contributed by atoms with Crippen LogP contribution in [0.15, 0.2) is 0 Å². The molecule has 0 aromatic heterocycles. The van der Waals surface area contributed by atoms with Crippen LogP contribution >= 0.6 is 8.58 Å². The molecular formula is C6H13P. The van der Waals surface area contributed by atoms with E-state index in [0.29, 0.717) is 0 Å². The number of rotatable bonds is 0. The van der Waals surface area contributed by atoms with E-state index in [1.54, 1.807) is 0 Å². The third-order valence-electron chi connectivity index (χ3n) is 1.56. The minimum absolute atomic E-state index is 1.06. The van der Waals surface area contributed by atoms with Gasteiger partial charge in [0.2, 0.25) is 0 Å². The Bertz CT molecular complexity index is 46.1. The van der Waals surface area contributed by atoms with Crippen LogP contribution in [-0.4, -0.2) is 11.8 Å². The molecule has 0 aliphatic carbocycles. The minimum Gasteiger partial charge on any atom is -0.119 e. The fourth-order valence-electron chi connectivity index (χ4n) is 1.03. The second-order valence-corrected chi connectivity index (χ2v) is 4.24. The largest absolute Gasteiger partial charge is 0.119 e. The van der Waals surface area contributed by atoms with E-state index in [2.05, 4.69) is 6.92 Å². The smallest absolute Gasteiger partial charge is 0.0265 e. The maximum absolute atomic E-state index is 2.37. The summed E-state index contributed by atoms with van der Waals surface area (Å²) in [6.45, 7) is 2.37. The monoisotopic (exact) mass is 116 g/mol. The van der Waals surface area contributed by atoms with Gasteiger partial charge in [0, 0.05) is 0 Å². The number of hydrogen-bond acceptors (Lipinski definition) is 0. The zero-order valence-electron chi connectivity index (χ0n) is 4.91. The topological polar surface area (TPSA) is 0 Å². The van der Waals surface area contributed by atoms with Gasteiger partial charge in [-0.15, -0.1) is 8.58 Å². The zero-order chi connectivity index (χ0) is 5.11. The molecule has 1 heteroatoms. The van der Waals surface area contributed by atoms with Crippen LogP contribution in [0, 0.1) is 0 Å².